The van der Waals surface area contributed by atoms with Gasteiger partial charge >= 0.3 is 12.1 Å². The van der Waals surface area contributed by atoms with E-state index in [1.807, 2.05) is 11.4 Å². The van der Waals surface area contributed by atoms with Crippen LogP contribution in [0.2, 0.25) is 0 Å². The van der Waals surface area contributed by atoms with Gasteiger partial charge in [0.05, 0.1) is 0 Å². The highest BCUT2D eigenvalue weighted by molar-refractivity contribution is 5.95. The average Bonchev–Trinajstić information content (AvgIpc) is 2.46. The van der Waals surface area contributed by atoms with E-state index < -0.39 is 18.1 Å². The van der Waals surface area contributed by atoms with Crippen LogP contribution in [0.4, 0.5) is 18.9 Å². The van der Waals surface area contributed by atoms with Crippen LogP contribution in [-0.2, 0) is 22.6 Å². The zero-order valence-electron chi connectivity index (χ0n) is 13.2. The fourth-order valence-corrected chi connectivity index (χ4v) is 2.29. The number of hydrogen-bond donors (Lipinski definition) is 2. The standard InChI is InChI=1S/C14H15F3N2O.C2H4O2/c1-2-7-19-8-6-10-4-3-5-12(11(10)9-19)18-13(20)14(15,16)17;1-2(3)4/h2-5H,1,6-9H2,(H,18,20);1H3,(H,3,4). The number of amides is 1. The van der Waals surface area contributed by atoms with Crippen molar-refractivity contribution in [2.45, 2.75) is 26.1 Å². The molecule has 1 aliphatic heterocycles. The Hall–Kier alpha value is -2.35. The number of aliphatic carboxylic acids is 1. The van der Waals surface area contributed by atoms with Crippen LogP contribution in [0.15, 0.2) is 30.9 Å². The van der Waals surface area contributed by atoms with Crippen LogP contribution >= 0.6 is 0 Å². The maximum Gasteiger partial charge on any atom is 0.471 e. The molecule has 1 aromatic rings. The summed E-state index contributed by atoms with van der Waals surface area (Å²) in [6.45, 7) is 6.74. The normalized spacial score (nSPS) is 14.0. The number of carboxylic acid groups (broad SMARTS) is 1. The summed E-state index contributed by atoms with van der Waals surface area (Å²) in [6.07, 6.45) is -2.38. The smallest absolute Gasteiger partial charge is 0.471 e. The van der Waals surface area contributed by atoms with Gasteiger partial charge in [0, 0.05) is 32.2 Å². The Kier molecular flexibility index (Phi) is 6.97. The number of halogens is 3. The van der Waals surface area contributed by atoms with Crippen molar-refractivity contribution in [2.75, 3.05) is 18.4 Å². The Labute approximate surface area is 137 Å². The van der Waals surface area contributed by atoms with Crippen LogP contribution in [0.5, 0.6) is 0 Å². The van der Waals surface area contributed by atoms with Crippen molar-refractivity contribution in [1.29, 1.82) is 0 Å². The van der Waals surface area contributed by atoms with E-state index in [1.54, 1.807) is 12.1 Å². The number of carboxylic acids is 1. The lowest BCUT2D eigenvalue weighted by molar-refractivity contribution is -0.167. The van der Waals surface area contributed by atoms with E-state index in [0.717, 1.165) is 31.0 Å². The van der Waals surface area contributed by atoms with Crippen molar-refractivity contribution in [2.24, 2.45) is 0 Å². The van der Waals surface area contributed by atoms with Gasteiger partial charge in [-0.1, -0.05) is 18.2 Å². The van der Waals surface area contributed by atoms with Gasteiger partial charge in [-0.3, -0.25) is 14.5 Å². The molecule has 8 heteroatoms. The first-order valence-corrected chi connectivity index (χ1v) is 7.17. The molecule has 0 bridgehead atoms. The lowest BCUT2D eigenvalue weighted by Gasteiger charge is -2.29. The lowest BCUT2D eigenvalue weighted by Crippen LogP contribution is -2.33. The maximum absolute atomic E-state index is 12.3. The van der Waals surface area contributed by atoms with Crippen molar-refractivity contribution in [1.82, 2.24) is 4.90 Å². The quantitative estimate of drug-likeness (QED) is 0.828. The molecule has 24 heavy (non-hydrogen) atoms. The third kappa shape index (κ3) is 6.04. The summed E-state index contributed by atoms with van der Waals surface area (Å²) in [5, 5.41) is 9.37. The number of hydrogen-bond acceptors (Lipinski definition) is 3. The molecule has 132 valence electrons. The molecule has 0 atom stereocenters. The summed E-state index contributed by atoms with van der Waals surface area (Å²) >= 11 is 0. The Morgan fingerprint density at radius 1 is 1.42 bits per heavy atom. The largest absolute Gasteiger partial charge is 0.481 e. The van der Waals surface area contributed by atoms with E-state index in [0.29, 0.717) is 13.1 Å². The van der Waals surface area contributed by atoms with Crippen LogP contribution in [0.3, 0.4) is 0 Å². The van der Waals surface area contributed by atoms with Crippen LogP contribution < -0.4 is 5.32 Å². The Morgan fingerprint density at radius 2 is 2.04 bits per heavy atom. The summed E-state index contributed by atoms with van der Waals surface area (Å²) in [6, 6.07) is 5.04. The molecule has 0 saturated carbocycles. The zero-order chi connectivity index (χ0) is 18.3. The predicted molar refractivity (Wildman–Crippen MR) is 83.6 cm³/mol. The van der Waals surface area contributed by atoms with Gasteiger partial charge in [-0.05, 0) is 23.6 Å². The summed E-state index contributed by atoms with van der Waals surface area (Å²) in [4.78, 5) is 22.1. The first kappa shape index (κ1) is 19.7. The van der Waals surface area contributed by atoms with Gasteiger partial charge in [0.1, 0.15) is 0 Å². The highest BCUT2D eigenvalue weighted by Gasteiger charge is 2.39. The Bertz CT molecular complexity index is 611. The number of anilines is 1. The molecule has 0 aliphatic carbocycles. The highest BCUT2D eigenvalue weighted by atomic mass is 19.4. The van der Waals surface area contributed by atoms with Gasteiger partial charge in [0.2, 0.25) is 0 Å². The van der Waals surface area contributed by atoms with Gasteiger partial charge < -0.3 is 10.4 Å². The van der Waals surface area contributed by atoms with E-state index in [1.165, 1.54) is 6.07 Å². The van der Waals surface area contributed by atoms with E-state index in [4.69, 9.17) is 9.90 Å². The number of nitrogens with one attached hydrogen (secondary N) is 1. The Morgan fingerprint density at radius 3 is 2.58 bits per heavy atom. The molecule has 0 unspecified atom stereocenters. The molecule has 0 radical (unpaired) electrons. The van der Waals surface area contributed by atoms with Gasteiger partial charge in [-0.2, -0.15) is 13.2 Å². The molecule has 2 N–H and O–H groups in total. The van der Waals surface area contributed by atoms with Crippen LogP contribution in [-0.4, -0.2) is 41.1 Å². The number of fused-ring (bicyclic) bond motifs is 1. The third-order valence-electron chi connectivity index (χ3n) is 3.25. The summed E-state index contributed by atoms with van der Waals surface area (Å²) in [7, 11) is 0. The zero-order valence-corrected chi connectivity index (χ0v) is 13.2. The van der Waals surface area contributed by atoms with Crippen molar-refractivity contribution in [3.63, 3.8) is 0 Å². The molecule has 0 saturated heterocycles. The molecule has 0 aromatic heterocycles. The predicted octanol–water partition coefficient (Wildman–Crippen LogP) is 2.82. The van der Waals surface area contributed by atoms with Crippen LogP contribution in [0.25, 0.3) is 0 Å². The Balaban J connectivity index is 0.000000648. The topological polar surface area (TPSA) is 69.6 Å². The van der Waals surface area contributed by atoms with Crippen molar-refractivity contribution >= 4 is 17.6 Å². The van der Waals surface area contributed by atoms with Gasteiger partial charge in [0.25, 0.3) is 5.97 Å². The van der Waals surface area contributed by atoms with Crippen LogP contribution in [0, 0.1) is 0 Å². The minimum atomic E-state index is -4.88. The second-order valence-electron chi connectivity index (χ2n) is 5.19. The molecule has 5 nitrogen and oxygen atoms in total. The second kappa shape index (κ2) is 8.49. The van der Waals surface area contributed by atoms with Gasteiger partial charge in [-0.15, -0.1) is 6.58 Å². The number of carbonyl (C=O) groups excluding carboxylic acids is 1. The number of carbonyl (C=O) groups is 2. The summed E-state index contributed by atoms with van der Waals surface area (Å²) in [5.41, 5.74) is 1.96. The average molecular weight is 344 g/mol. The van der Waals surface area contributed by atoms with Crippen molar-refractivity contribution < 1.29 is 27.9 Å². The number of benzene rings is 1. The SMILES string of the molecule is C=CCN1CCc2cccc(NC(=O)C(F)(F)F)c2C1.CC(=O)O. The maximum atomic E-state index is 12.3. The van der Waals surface area contributed by atoms with E-state index in [2.05, 4.69) is 11.5 Å². The summed E-state index contributed by atoms with van der Waals surface area (Å²) < 4.78 is 37.0. The molecule has 1 aliphatic rings. The molecular formula is C16H19F3N2O3. The number of rotatable bonds is 3. The first-order valence-electron chi connectivity index (χ1n) is 7.17. The molecule has 0 spiro atoms. The van der Waals surface area contributed by atoms with E-state index in [9.17, 15) is 18.0 Å². The summed E-state index contributed by atoms with van der Waals surface area (Å²) in [5.74, 6) is -2.77. The van der Waals surface area contributed by atoms with Crippen molar-refractivity contribution in [3.05, 3.63) is 42.0 Å². The molecule has 1 heterocycles. The highest BCUT2D eigenvalue weighted by Crippen LogP contribution is 2.28. The van der Waals surface area contributed by atoms with Crippen LogP contribution in [0.1, 0.15) is 18.1 Å². The van der Waals surface area contributed by atoms with Gasteiger partial charge in [-0.25, -0.2) is 0 Å². The van der Waals surface area contributed by atoms with E-state index >= 15 is 0 Å². The molecular weight excluding hydrogens is 325 g/mol. The van der Waals surface area contributed by atoms with E-state index in [-0.39, 0.29) is 5.69 Å². The minimum absolute atomic E-state index is 0.235. The van der Waals surface area contributed by atoms with Gasteiger partial charge in [0.15, 0.2) is 0 Å². The second-order valence-corrected chi connectivity index (χ2v) is 5.19. The number of alkyl halides is 3. The van der Waals surface area contributed by atoms with Crippen molar-refractivity contribution in [3.8, 4) is 0 Å². The third-order valence-corrected chi connectivity index (χ3v) is 3.25. The lowest BCUT2D eigenvalue weighted by atomic mass is 9.98. The fraction of sp³-hybridized carbons (Fsp3) is 0.375. The molecule has 0 fully saturated rings. The minimum Gasteiger partial charge on any atom is -0.481 e. The molecule has 2 rings (SSSR count). The monoisotopic (exact) mass is 344 g/mol. The fourth-order valence-electron chi connectivity index (χ4n) is 2.29. The molecule has 1 amide bonds. The first-order chi connectivity index (χ1) is 11.1. The number of nitrogens with zero attached hydrogens (tertiary/aromatic N) is 1. The molecule has 1 aromatic carbocycles.